The van der Waals surface area contributed by atoms with E-state index in [1.54, 1.807) is 42.5 Å². The second-order valence-corrected chi connectivity index (χ2v) is 8.66. The Labute approximate surface area is 200 Å². The van der Waals surface area contributed by atoms with Crippen molar-refractivity contribution in [2.75, 3.05) is 10.2 Å². The SMILES string of the molecule is CC(=O)Nc1ccc(N2C(=O)S/C(=C\c3cccc(OCc4ccc(Cl)cc4)c3)C2=O)cc1. The number of benzene rings is 3. The van der Waals surface area contributed by atoms with Crippen LogP contribution in [0.3, 0.4) is 0 Å². The molecule has 3 amide bonds. The first-order valence-corrected chi connectivity index (χ1v) is 11.2. The van der Waals surface area contributed by atoms with Crippen molar-refractivity contribution >= 4 is 57.9 Å². The van der Waals surface area contributed by atoms with Crippen LogP contribution in [0.2, 0.25) is 5.02 Å². The molecule has 1 heterocycles. The Balaban J connectivity index is 1.47. The highest BCUT2D eigenvalue weighted by Gasteiger charge is 2.36. The molecule has 1 aliphatic rings. The summed E-state index contributed by atoms with van der Waals surface area (Å²) in [5.74, 6) is 0.0486. The summed E-state index contributed by atoms with van der Waals surface area (Å²) in [6.45, 7) is 1.79. The summed E-state index contributed by atoms with van der Waals surface area (Å²) in [5, 5.41) is 2.94. The van der Waals surface area contributed by atoms with E-state index in [-0.39, 0.29) is 11.1 Å². The highest BCUT2D eigenvalue weighted by molar-refractivity contribution is 8.19. The maximum absolute atomic E-state index is 12.9. The van der Waals surface area contributed by atoms with Crippen molar-refractivity contribution in [1.82, 2.24) is 0 Å². The molecule has 0 aliphatic carbocycles. The van der Waals surface area contributed by atoms with Crippen molar-refractivity contribution in [3.8, 4) is 5.75 Å². The van der Waals surface area contributed by atoms with Crippen LogP contribution in [-0.2, 0) is 16.2 Å². The molecule has 1 saturated heterocycles. The van der Waals surface area contributed by atoms with Gasteiger partial charge < -0.3 is 10.1 Å². The molecule has 4 rings (SSSR count). The minimum Gasteiger partial charge on any atom is -0.489 e. The van der Waals surface area contributed by atoms with Crippen molar-refractivity contribution < 1.29 is 19.1 Å². The Morgan fingerprint density at radius 2 is 1.79 bits per heavy atom. The first-order valence-electron chi connectivity index (χ1n) is 10.0. The predicted octanol–water partition coefficient (Wildman–Crippen LogP) is 6.12. The second-order valence-electron chi connectivity index (χ2n) is 7.23. The van der Waals surface area contributed by atoms with E-state index in [9.17, 15) is 14.4 Å². The predicted molar refractivity (Wildman–Crippen MR) is 131 cm³/mol. The van der Waals surface area contributed by atoms with E-state index >= 15 is 0 Å². The number of halogens is 1. The van der Waals surface area contributed by atoms with Gasteiger partial charge in [-0.3, -0.25) is 14.4 Å². The lowest BCUT2D eigenvalue weighted by Crippen LogP contribution is -2.27. The lowest BCUT2D eigenvalue weighted by molar-refractivity contribution is -0.114. The Hall–Kier alpha value is -3.55. The van der Waals surface area contributed by atoms with Crippen molar-refractivity contribution in [2.24, 2.45) is 0 Å². The van der Waals surface area contributed by atoms with Gasteiger partial charge in [-0.15, -0.1) is 0 Å². The minimum atomic E-state index is -0.398. The van der Waals surface area contributed by atoms with Gasteiger partial charge in [-0.2, -0.15) is 0 Å². The van der Waals surface area contributed by atoms with Crippen LogP contribution < -0.4 is 15.0 Å². The van der Waals surface area contributed by atoms with Gasteiger partial charge in [0.1, 0.15) is 12.4 Å². The van der Waals surface area contributed by atoms with E-state index < -0.39 is 5.91 Å². The molecule has 8 heteroatoms. The van der Waals surface area contributed by atoms with E-state index in [4.69, 9.17) is 16.3 Å². The molecule has 3 aromatic carbocycles. The molecule has 6 nitrogen and oxygen atoms in total. The largest absolute Gasteiger partial charge is 0.489 e. The van der Waals surface area contributed by atoms with Crippen LogP contribution in [0.15, 0.2) is 77.7 Å². The van der Waals surface area contributed by atoms with Crippen molar-refractivity contribution in [2.45, 2.75) is 13.5 Å². The Morgan fingerprint density at radius 1 is 1.06 bits per heavy atom. The van der Waals surface area contributed by atoms with Crippen LogP contribution in [0.5, 0.6) is 5.75 Å². The molecule has 0 unspecified atom stereocenters. The van der Waals surface area contributed by atoms with Gasteiger partial charge >= 0.3 is 0 Å². The minimum absolute atomic E-state index is 0.198. The molecular weight excluding hydrogens is 460 g/mol. The third-order valence-electron chi connectivity index (χ3n) is 4.71. The number of nitrogens with one attached hydrogen (secondary N) is 1. The molecule has 3 aromatic rings. The second kappa shape index (κ2) is 9.94. The number of amides is 3. The highest BCUT2D eigenvalue weighted by Crippen LogP contribution is 2.36. The molecule has 0 saturated carbocycles. The average Bonchev–Trinajstić information content (AvgIpc) is 3.06. The molecule has 33 heavy (non-hydrogen) atoms. The zero-order chi connectivity index (χ0) is 23.4. The number of carbonyl (C=O) groups excluding carboxylic acids is 3. The summed E-state index contributed by atoms with van der Waals surface area (Å²) >= 11 is 6.79. The molecule has 0 bridgehead atoms. The normalized spacial score (nSPS) is 14.6. The Bertz CT molecular complexity index is 1240. The smallest absolute Gasteiger partial charge is 0.298 e. The standard InChI is InChI=1S/C25H19ClN2O4S/c1-16(29)27-20-9-11-21(12-10-20)28-24(30)23(33-25(28)31)14-18-3-2-4-22(13-18)32-15-17-5-7-19(26)8-6-17/h2-14H,15H2,1H3,(H,27,29)/b23-14-. The summed E-state index contributed by atoms with van der Waals surface area (Å²) in [7, 11) is 0. The fourth-order valence-electron chi connectivity index (χ4n) is 3.18. The molecule has 1 N–H and O–H groups in total. The van der Waals surface area contributed by atoms with Gasteiger partial charge in [0, 0.05) is 17.6 Å². The Morgan fingerprint density at radius 3 is 2.48 bits per heavy atom. The summed E-state index contributed by atoms with van der Waals surface area (Å²) in [4.78, 5) is 38.0. The number of anilines is 2. The lowest BCUT2D eigenvalue weighted by atomic mass is 10.2. The fourth-order valence-corrected chi connectivity index (χ4v) is 4.15. The van der Waals surface area contributed by atoms with Gasteiger partial charge in [0.2, 0.25) is 5.91 Å². The number of hydrogen-bond acceptors (Lipinski definition) is 5. The molecule has 0 aromatic heterocycles. The van der Waals surface area contributed by atoms with Crippen molar-refractivity contribution in [3.63, 3.8) is 0 Å². The summed E-state index contributed by atoms with van der Waals surface area (Å²) in [6, 6.07) is 21.2. The average molecular weight is 479 g/mol. The van der Waals surface area contributed by atoms with Crippen LogP contribution >= 0.6 is 23.4 Å². The number of thioether (sulfide) groups is 1. The number of ether oxygens (including phenoxy) is 1. The first kappa shape index (κ1) is 22.6. The van der Waals surface area contributed by atoms with Crippen LogP contribution in [-0.4, -0.2) is 17.1 Å². The third kappa shape index (κ3) is 5.63. The molecule has 0 spiro atoms. The van der Waals surface area contributed by atoms with E-state index in [1.807, 2.05) is 36.4 Å². The van der Waals surface area contributed by atoms with E-state index in [1.165, 1.54) is 6.92 Å². The summed E-state index contributed by atoms with van der Waals surface area (Å²) in [6.07, 6.45) is 1.67. The number of nitrogens with zero attached hydrogens (tertiary/aromatic N) is 1. The topological polar surface area (TPSA) is 75.7 Å². The summed E-state index contributed by atoms with van der Waals surface area (Å²) in [5.41, 5.74) is 2.75. The van der Waals surface area contributed by atoms with Crippen LogP contribution in [0.1, 0.15) is 18.1 Å². The number of rotatable bonds is 6. The summed E-state index contributed by atoms with van der Waals surface area (Å²) < 4.78 is 5.84. The third-order valence-corrected chi connectivity index (χ3v) is 5.84. The van der Waals surface area contributed by atoms with Gasteiger partial charge in [0.05, 0.1) is 10.6 Å². The Kier molecular flexibility index (Phi) is 6.82. The van der Waals surface area contributed by atoms with Crippen molar-refractivity contribution in [1.29, 1.82) is 0 Å². The molecule has 166 valence electrons. The number of imide groups is 1. The first-order chi connectivity index (χ1) is 15.9. The molecule has 0 atom stereocenters. The van der Waals surface area contributed by atoms with Crippen LogP contribution in [0, 0.1) is 0 Å². The molecule has 1 aliphatic heterocycles. The van der Waals surface area contributed by atoms with E-state index in [2.05, 4.69) is 5.32 Å². The lowest BCUT2D eigenvalue weighted by Gasteiger charge is -2.13. The van der Waals surface area contributed by atoms with Gasteiger partial charge in [-0.1, -0.05) is 35.9 Å². The highest BCUT2D eigenvalue weighted by atomic mass is 35.5. The van der Waals surface area contributed by atoms with Crippen LogP contribution in [0.4, 0.5) is 16.2 Å². The number of hydrogen-bond donors (Lipinski definition) is 1. The fraction of sp³-hybridized carbons (Fsp3) is 0.0800. The molecular formula is C25H19ClN2O4S. The zero-order valence-electron chi connectivity index (χ0n) is 17.6. The van der Waals surface area contributed by atoms with Gasteiger partial charge in [0.15, 0.2) is 0 Å². The van der Waals surface area contributed by atoms with Crippen molar-refractivity contribution in [3.05, 3.63) is 93.9 Å². The van der Waals surface area contributed by atoms with E-state index in [0.717, 1.165) is 27.8 Å². The van der Waals surface area contributed by atoms with Crippen LogP contribution in [0.25, 0.3) is 6.08 Å². The van der Waals surface area contributed by atoms with Gasteiger partial charge in [0.25, 0.3) is 11.1 Å². The maximum atomic E-state index is 12.9. The van der Waals surface area contributed by atoms with Gasteiger partial charge in [-0.25, -0.2) is 4.90 Å². The van der Waals surface area contributed by atoms with E-state index in [0.29, 0.717) is 33.7 Å². The van der Waals surface area contributed by atoms with Gasteiger partial charge in [-0.05, 0) is 77.5 Å². The molecule has 1 fully saturated rings. The number of carbonyl (C=O) groups is 3. The monoisotopic (exact) mass is 478 g/mol. The molecule has 0 radical (unpaired) electrons. The quantitative estimate of drug-likeness (QED) is 0.432. The zero-order valence-corrected chi connectivity index (χ0v) is 19.2. The maximum Gasteiger partial charge on any atom is 0.298 e.